The molecule has 29 heavy (non-hydrogen) atoms. The molecule has 0 aromatic heterocycles. The highest BCUT2D eigenvalue weighted by molar-refractivity contribution is 7.93. The van der Waals surface area contributed by atoms with Gasteiger partial charge in [0.05, 0.1) is 16.7 Å². The predicted molar refractivity (Wildman–Crippen MR) is 110 cm³/mol. The monoisotopic (exact) mass is 447 g/mol. The second-order valence-electron chi connectivity index (χ2n) is 8.19. The molecule has 0 saturated heterocycles. The first-order valence-electron chi connectivity index (χ1n) is 8.80. The van der Waals surface area contributed by atoms with Gasteiger partial charge in [0.25, 0.3) is 5.69 Å². The lowest BCUT2D eigenvalue weighted by Gasteiger charge is -2.36. The van der Waals surface area contributed by atoms with Crippen LogP contribution in [0.5, 0.6) is 0 Å². The Balaban J connectivity index is 3.68. The fraction of sp³-hybridized carbons (Fsp3) is 0.611. The van der Waals surface area contributed by atoms with Crippen molar-refractivity contribution in [2.24, 2.45) is 0 Å². The summed E-state index contributed by atoms with van der Waals surface area (Å²) in [5, 5.41) is 20.5. The van der Waals surface area contributed by atoms with Crippen LogP contribution in [-0.2, 0) is 26.7 Å². The van der Waals surface area contributed by atoms with Gasteiger partial charge in [-0.3, -0.25) is 10.1 Å². The number of nitrogens with zero attached hydrogens (tertiary/aromatic N) is 2. The first-order chi connectivity index (χ1) is 13.0. The zero-order valence-electron chi connectivity index (χ0n) is 17.3. The van der Waals surface area contributed by atoms with Crippen molar-refractivity contribution in [3.05, 3.63) is 39.7 Å². The van der Waals surface area contributed by atoms with Gasteiger partial charge in [0.2, 0.25) is 0 Å². The van der Waals surface area contributed by atoms with Gasteiger partial charge in [-0.2, -0.15) is 5.26 Å². The third-order valence-corrected chi connectivity index (χ3v) is 9.16. The molecular formula is C18H26FN3O5S2. The molecule has 1 aromatic carbocycles. The Morgan fingerprint density at radius 1 is 1.28 bits per heavy atom. The summed E-state index contributed by atoms with van der Waals surface area (Å²) in [4.78, 5) is 10.4. The summed E-state index contributed by atoms with van der Waals surface area (Å²) in [5.41, 5.74) is -2.54. The SMILES string of the molecule is CCC(C)(C#N)S(=O)(=O)C[C@](C)(N[S+]([O-])C(C)(C)C)c1cc([N+](=O)[O-])ccc1F. The number of hydrogen-bond donors (Lipinski definition) is 1. The van der Waals surface area contributed by atoms with Gasteiger partial charge >= 0.3 is 0 Å². The van der Waals surface area contributed by atoms with E-state index in [4.69, 9.17) is 0 Å². The van der Waals surface area contributed by atoms with E-state index in [9.17, 15) is 32.7 Å². The molecule has 0 aliphatic carbocycles. The minimum atomic E-state index is -4.16. The van der Waals surface area contributed by atoms with Crippen LogP contribution in [0.4, 0.5) is 10.1 Å². The molecule has 0 fully saturated rings. The van der Waals surface area contributed by atoms with Crippen LogP contribution in [0.25, 0.3) is 0 Å². The van der Waals surface area contributed by atoms with Crippen LogP contribution in [-0.4, -0.2) is 33.1 Å². The summed E-state index contributed by atoms with van der Waals surface area (Å²) in [6, 6.07) is 4.52. The number of hydrogen-bond acceptors (Lipinski definition) is 7. The van der Waals surface area contributed by atoms with Crippen molar-refractivity contribution in [1.29, 1.82) is 5.26 Å². The summed E-state index contributed by atoms with van der Waals surface area (Å²) < 4.78 is 53.6. The molecule has 0 aliphatic rings. The number of nitro groups is 1. The zero-order valence-corrected chi connectivity index (χ0v) is 18.9. The minimum absolute atomic E-state index is 0.0122. The van der Waals surface area contributed by atoms with Gasteiger partial charge in [0.15, 0.2) is 14.6 Å². The summed E-state index contributed by atoms with van der Waals surface area (Å²) >= 11 is -1.83. The molecule has 0 radical (unpaired) electrons. The first kappa shape index (κ1) is 25.3. The summed E-state index contributed by atoms with van der Waals surface area (Å²) in [6.07, 6.45) is -0.0122. The standard InChI is InChI=1S/C18H26FN3O5S2/c1-7-17(5,11-20)29(26,27)12-18(6,21-28(25)16(2,3)4)14-10-13(22(23)24)8-9-15(14)19/h8-10,21H,7,12H2,1-6H3/t17?,18-,28?/m0/s1. The molecule has 3 atom stereocenters. The van der Waals surface area contributed by atoms with E-state index in [0.717, 1.165) is 18.2 Å². The molecule has 1 N–H and O–H groups in total. The molecule has 0 heterocycles. The third-order valence-electron chi connectivity index (χ3n) is 4.71. The number of rotatable bonds is 8. The van der Waals surface area contributed by atoms with Crippen molar-refractivity contribution >= 4 is 26.9 Å². The Kier molecular flexibility index (Phi) is 7.46. The molecule has 0 aliphatic heterocycles. The number of non-ortho nitro benzene ring substituents is 1. The normalized spacial score (nSPS) is 17.6. The number of sulfone groups is 1. The summed E-state index contributed by atoms with van der Waals surface area (Å²) in [7, 11) is -4.16. The first-order valence-corrected chi connectivity index (χ1v) is 11.6. The van der Waals surface area contributed by atoms with E-state index in [1.807, 2.05) is 0 Å². The third kappa shape index (κ3) is 5.45. The molecule has 2 unspecified atom stereocenters. The molecule has 0 saturated carbocycles. The Labute approximate surface area is 173 Å². The smallest absolute Gasteiger partial charge is 0.269 e. The molecular weight excluding hydrogens is 421 g/mol. The van der Waals surface area contributed by atoms with Gasteiger partial charge in [-0.05, 0) is 47.1 Å². The average molecular weight is 448 g/mol. The van der Waals surface area contributed by atoms with Gasteiger partial charge < -0.3 is 4.55 Å². The van der Waals surface area contributed by atoms with E-state index < -0.39 is 58.4 Å². The lowest BCUT2D eigenvalue weighted by atomic mass is 9.94. The lowest BCUT2D eigenvalue weighted by molar-refractivity contribution is -0.385. The van der Waals surface area contributed by atoms with Crippen molar-refractivity contribution < 1.29 is 22.3 Å². The van der Waals surface area contributed by atoms with Crippen molar-refractivity contribution in [2.45, 2.75) is 63.0 Å². The zero-order chi connectivity index (χ0) is 22.8. The number of benzene rings is 1. The Bertz CT molecular complexity index is 926. The molecule has 1 aromatic rings. The van der Waals surface area contributed by atoms with E-state index >= 15 is 0 Å². The maximum Gasteiger partial charge on any atom is 0.269 e. The molecule has 0 bridgehead atoms. The number of nitriles is 1. The molecule has 0 spiro atoms. The van der Waals surface area contributed by atoms with Crippen LogP contribution < -0.4 is 4.72 Å². The van der Waals surface area contributed by atoms with E-state index in [1.165, 1.54) is 20.8 Å². The topological polar surface area (TPSA) is 136 Å². The van der Waals surface area contributed by atoms with Crippen molar-refractivity contribution in [3.8, 4) is 6.07 Å². The van der Waals surface area contributed by atoms with Gasteiger partial charge in [-0.25, -0.2) is 12.8 Å². The molecule has 1 rings (SSSR count). The van der Waals surface area contributed by atoms with Crippen LogP contribution in [0.1, 0.15) is 53.5 Å². The van der Waals surface area contributed by atoms with Gasteiger partial charge in [0.1, 0.15) is 16.1 Å². The van der Waals surface area contributed by atoms with E-state index in [1.54, 1.807) is 26.8 Å². The number of nitro benzene ring substituents is 1. The van der Waals surface area contributed by atoms with Crippen LogP contribution in [0, 0.1) is 27.3 Å². The largest absolute Gasteiger partial charge is 0.598 e. The fourth-order valence-corrected chi connectivity index (χ4v) is 5.35. The van der Waals surface area contributed by atoms with Crippen molar-refractivity contribution in [2.75, 3.05) is 5.75 Å². The second-order valence-corrected chi connectivity index (χ2v) is 12.6. The molecule has 11 heteroatoms. The van der Waals surface area contributed by atoms with Crippen LogP contribution in [0.3, 0.4) is 0 Å². The van der Waals surface area contributed by atoms with Crippen molar-refractivity contribution in [1.82, 2.24) is 4.72 Å². The van der Waals surface area contributed by atoms with Gasteiger partial charge in [0, 0.05) is 29.1 Å². The predicted octanol–water partition coefficient (Wildman–Crippen LogP) is 3.11. The Hall–Kier alpha value is -1.74. The Morgan fingerprint density at radius 2 is 1.83 bits per heavy atom. The lowest BCUT2D eigenvalue weighted by Crippen LogP contribution is -2.55. The molecule has 162 valence electrons. The minimum Gasteiger partial charge on any atom is -0.598 e. The maximum absolute atomic E-state index is 14.7. The average Bonchev–Trinajstić information content (AvgIpc) is 2.59. The highest BCUT2D eigenvalue weighted by atomic mass is 32.2. The molecule has 8 nitrogen and oxygen atoms in total. The van der Waals surface area contributed by atoms with E-state index in [2.05, 4.69) is 4.72 Å². The fourth-order valence-electron chi connectivity index (χ4n) is 2.48. The Morgan fingerprint density at radius 3 is 2.24 bits per heavy atom. The highest BCUT2D eigenvalue weighted by Crippen LogP contribution is 2.34. The van der Waals surface area contributed by atoms with Crippen molar-refractivity contribution in [3.63, 3.8) is 0 Å². The van der Waals surface area contributed by atoms with Gasteiger partial charge in [-0.15, -0.1) is 4.72 Å². The summed E-state index contributed by atoms with van der Waals surface area (Å²) in [5.74, 6) is -1.67. The van der Waals surface area contributed by atoms with Gasteiger partial charge in [-0.1, -0.05) is 6.92 Å². The second kappa shape index (κ2) is 8.55. The van der Waals surface area contributed by atoms with Crippen LogP contribution >= 0.6 is 0 Å². The molecule has 0 amide bonds. The van der Waals surface area contributed by atoms with Crippen LogP contribution in [0.15, 0.2) is 18.2 Å². The van der Waals surface area contributed by atoms with E-state index in [-0.39, 0.29) is 12.0 Å². The quantitative estimate of drug-likeness (QED) is 0.367. The summed E-state index contributed by atoms with van der Waals surface area (Å²) in [6.45, 7) is 9.02. The van der Waals surface area contributed by atoms with E-state index in [0.29, 0.717) is 0 Å². The highest BCUT2D eigenvalue weighted by Gasteiger charge is 2.48. The van der Waals surface area contributed by atoms with Crippen LogP contribution in [0.2, 0.25) is 0 Å². The number of halogens is 1. The maximum atomic E-state index is 14.7. The number of nitrogens with one attached hydrogen (secondary N) is 1.